The predicted molar refractivity (Wildman–Crippen MR) is 72.2 cm³/mol. The summed E-state index contributed by atoms with van der Waals surface area (Å²) < 4.78 is 0. The zero-order valence-electron chi connectivity index (χ0n) is 10.6. The zero-order chi connectivity index (χ0) is 11.7. The first-order valence-electron chi connectivity index (χ1n) is 6.95. The molecular weight excluding hydrogens is 228 g/mol. The third kappa shape index (κ3) is 3.08. The Morgan fingerprint density at radius 1 is 1.29 bits per heavy atom. The number of nitrogens with one attached hydrogen (secondary N) is 1. The number of aryl methyl sites for hydroxylation is 1. The van der Waals surface area contributed by atoms with Crippen LogP contribution in [0.3, 0.4) is 0 Å². The Kier molecular flexibility index (Phi) is 3.48. The van der Waals surface area contributed by atoms with E-state index in [-0.39, 0.29) is 0 Å². The van der Waals surface area contributed by atoms with Gasteiger partial charge in [0.15, 0.2) is 0 Å². The number of nitrogens with zero attached hydrogens (tertiary/aromatic N) is 1. The molecule has 0 aliphatic heterocycles. The molecule has 1 heterocycles. The van der Waals surface area contributed by atoms with E-state index < -0.39 is 0 Å². The van der Waals surface area contributed by atoms with Gasteiger partial charge in [-0.3, -0.25) is 0 Å². The van der Waals surface area contributed by atoms with Crippen LogP contribution in [0.15, 0.2) is 5.38 Å². The monoisotopic (exact) mass is 250 g/mol. The lowest BCUT2D eigenvalue weighted by molar-refractivity contribution is 0.260. The number of aromatic nitrogens is 1. The maximum Gasteiger partial charge on any atom is 0.107 e. The molecule has 3 heteroatoms. The first kappa shape index (κ1) is 11.7. The molecule has 17 heavy (non-hydrogen) atoms. The van der Waals surface area contributed by atoms with Gasteiger partial charge in [-0.1, -0.05) is 12.8 Å². The fraction of sp³-hybridized carbons (Fsp3) is 0.786. The number of thiazole rings is 1. The Bertz CT molecular complexity index is 370. The maximum atomic E-state index is 4.52. The molecule has 94 valence electrons. The van der Waals surface area contributed by atoms with Crippen molar-refractivity contribution in [2.45, 2.75) is 58.0 Å². The fourth-order valence-electron chi connectivity index (χ4n) is 3.12. The highest BCUT2D eigenvalue weighted by Gasteiger charge is 2.34. The number of rotatable bonds is 4. The molecule has 2 fully saturated rings. The highest BCUT2D eigenvalue weighted by atomic mass is 32.1. The van der Waals surface area contributed by atoms with E-state index in [9.17, 15) is 0 Å². The van der Waals surface area contributed by atoms with Crippen LogP contribution < -0.4 is 5.32 Å². The summed E-state index contributed by atoms with van der Waals surface area (Å²) in [4.78, 5) is 4.52. The van der Waals surface area contributed by atoms with Crippen LogP contribution in [0.4, 0.5) is 0 Å². The molecule has 1 aromatic rings. The largest absolute Gasteiger partial charge is 0.308 e. The second-order valence-electron chi connectivity index (χ2n) is 5.72. The van der Waals surface area contributed by atoms with E-state index in [1.807, 2.05) is 0 Å². The Labute approximate surface area is 108 Å². The van der Waals surface area contributed by atoms with Crippen molar-refractivity contribution in [1.82, 2.24) is 10.3 Å². The zero-order valence-corrected chi connectivity index (χ0v) is 11.4. The van der Waals surface area contributed by atoms with E-state index in [4.69, 9.17) is 0 Å². The Hall–Kier alpha value is -0.410. The molecule has 0 spiro atoms. The summed E-state index contributed by atoms with van der Waals surface area (Å²) in [6.45, 7) is 3.05. The van der Waals surface area contributed by atoms with E-state index in [1.54, 1.807) is 11.3 Å². The molecule has 2 unspecified atom stereocenters. The Morgan fingerprint density at radius 2 is 2.18 bits per heavy atom. The highest BCUT2D eigenvalue weighted by Crippen LogP contribution is 2.43. The van der Waals surface area contributed by atoms with Crippen LogP contribution in [0.2, 0.25) is 0 Å². The molecular formula is C14H22N2S. The van der Waals surface area contributed by atoms with Crippen LogP contribution in [-0.2, 0) is 6.54 Å². The van der Waals surface area contributed by atoms with E-state index in [0.29, 0.717) is 0 Å². The number of hydrogen-bond donors (Lipinski definition) is 1. The minimum atomic E-state index is 0.749. The van der Waals surface area contributed by atoms with Gasteiger partial charge in [-0.15, -0.1) is 11.3 Å². The van der Waals surface area contributed by atoms with Gasteiger partial charge in [0.1, 0.15) is 5.01 Å². The summed E-state index contributed by atoms with van der Waals surface area (Å²) >= 11 is 1.78. The lowest BCUT2D eigenvalue weighted by Gasteiger charge is -2.29. The van der Waals surface area contributed by atoms with Gasteiger partial charge in [0.25, 0.3) is 0 Å². The summed E-state index contributed by atoms with van der Waals surface area (Å²) in [5, 5.41) is 7.10. The lowest BCUT2D eigenvalue weighted by Crippen LogP contribution is -2.34. The van der Waals surface area contributed by atoms with Crippen LogP contribution in [0.5, 0.6) is 0 Å². The summed E-state index contributed by atoms with van der Waals surface area (Å²) in [6, 6.07) is 0.749. The minimum Gasteiger partial charge on any atom is -0.308 e. The lowest BCUT2D eigenvalue weighted by atomic mass is 9.83. The molecule has 2 atom stereocenters. The molecule has 2 saturated carbocycles. The molecule has 0 aromatic carbocycles. The SMILES string of the molecule is Cc1csc(CNC2CCCC(C3CC3)C2)n1. The standard InChI is InChI=1S/C14H22N2S/c1-10-9-17-14(16-10)8-15-13-4-2-3-12(7-13)11-5-6-11/h9,11-13,15H,2-8H2,1H3. The molecule has 1 N–H and O–H groups in total. The first-order chi connectivity index (χ1) is 8.31. The third-order valence-electron chi connectivity index (χ3n) is 4.21. The predicted octanol–water partition coefficient (Wildman–Crippen LogP) is 3.51. The van der Waals surface area contributed by atoms with Crippen LogP contribution >= 0.6 is 11.3 Å². The van der Waals surface area contributed by atoms with Gasteiger partial charge in [0.2, 0.25) is 0 Å². The van der Waals surface area contributed by atoms with Crippen molar-refractivity contribution in [2.24, 2.45) is 11.8 Å². The van der Waals surface area contributed by atoms with Crippen LogP contribution in [0, 0.1) is 18.8 Å². The molecule has 1 aromatic heterocycles. The summed E-state index contributed by atoms with van der Waals surface area (Å²) in [5.74, 6) is 2.11. The van der Waals surface area contributed by atoms with Gasteiger partial charge >= 0.3 is 0 Å². The maximum absolute atomic E-state index is 4.52. The molecule has 2 aliphatic rings. The van der Waals surface area contributed by atoms with Crippen molar-refractivity contribution >= 4 is 11.3 Å². The third-order valence-corrected chi connectivity index (χ3v) is 5.18. The summed E-state index contributed by atoms with van der Waals surface area (Å²) in [6.07, 6.45) is 8.70. The van der Waals surface area contributed by atoms with E-state index in [1.165, 1.54) is 43.5 Å². The fourth-order valence-corrected chi connectivity index (χ4v) is 3.85. The molecule has 0 saturated heterocycles. The Balaban J connectivity index is 1.47. The van der Waals surface area contributed by atoms with Crippen LogP contribution in [0.25, 0.3) is 0 Å². The van der Waals surface area contributed by atoms with Crippen molar-refractivity contribution in [3.63, 3.8) is 0 Å². The molecule has 3 rings (SSSR count). The average Bonchev–Trinajstić information content (AvgIpc) is 3.11. The van der Waals surface area contributed by atoms with Crippen molar-refractivity contribution in [2.75, 3.05) is 0 Å². The second kappa shape index (κ2) is 5.07. The van der Waals surface area contributed by atoms with E-state index in [2.05, 4.69) is 22.6 Å². The Morgan fingerprint density at radius 3 is 2.88 bits per heavy atom. The van der Waals surface area contributed by atoms with Crippen molar-refractivity contribution < 1.29 is 0 Å². The van der Waals surface area contributed by atoms with E-state index >= 15 is 0 Å². The van der Waals surface area contributed by atoms with Gasteiger partial charge in [0, 0.05) is 23.7 Å². The van der Waals surface area contributed by atoms with Crippen molar-refractivity contribution in [1.29, 1.82) is 0 Å². The highest BCUT2D eigenvalue weighted by molar-refractivity contribution is 7.09. The smallest absolute Gasteiger partial charge is 0.107 e. The van der Waals surface area contributed by atoms with E-state index in [0.717, 1.165) is 30.1 Å². The number of hydrogen-bond acceptors (Lipinski definition) is 3. The first-order valence-corrected chi connectivity index (χ1v) is 7.83. The van der Waals surface area contributed by atoms with Crippen molar-refractivity contribution in [3.05, 3.63) is 16.1 Å². The van der Waals surface area contributed by atoms with Gasteiger partial charge in [-0.2, -0.15) is 0 Å². The van der Waals surface area contributed by atoms with Gasteiger partial charge in [-0.25, -0.2) is 4.98 Å². The molecule has 2 nitrogen and oxygen atoms in total. The molecule has 0 amide bonds. The molecule has 0 radical (unpaired) electrons. The topological polar surface area (TPSA) is 24.9 Å². The van der Waals surface area contributed by atoms with Crippen molar-refractivity contribution in [3.8, 4) is 0 Å². The van der Waals surface area contributed by atoms with Crippen LogP contribution in [0.1, 0.15) is 49.2 Å². The second-order valence-corrected chi connectivity index (χ2v) is 6.67. The molecule has 2 aliphatic carbocycles. The quantitative estimate of drug-likeness (QED) is 0.884. The summed E-state index contributed by atoms with van der Waals surface area (Å²) in [5.41, 5.74) is 1.16. The van der Waals surface area contributed by atoms with Gasteiger partial charge in [0.05, 0.1) is 0 Å². The summed E-state index contributed by atoms with van der Waals surface area (Å²) in [7, 11) is 0. The molecule has 0 bridgehead atoms. The van der Waals surface area contributed by atoms with Gasteiger partial charge in [-0.05, 0) is 44.4 Å². The average molecular weight is 250 g/mol. The van der Waals surface area contributed by atoms with Crippen LogP contribution in [-0.4, -0.2) is 11.0 Å². The normalized spacial score (nSPS) is 29.5. The minimum absolute atomic E-state index is 0.749. The van der Waals surface area contributed by atoms with Gasteiger partial charge < -0.3 is 5.32 Å².